The van der Waals surface area contributed by atoms with Crippen molar-refractivity contribution in [3.8, 4) is 22.4 Å². The van der Waals surface area contributed by atoms with Crippen molar-refractivity contribution in [3.63, 3.8) is 0 Å². The smallest absolute Gasteiger partial charge is 0.216 e. The van der Waals surface area contributed by atoms with Gasteiger partial charge in [0.15, 0.2) is 11.4 Å². The fourth-order valence-electron chi connectivity index (χ4n) is 4.41. The highest BCUT2D eigenvalue weighted by Gasteiger charge is 2.24. The average molecular weight is 421 g/mol. The lowest BCUT2D eigenvalue weighted by Gasteiger charge is -2.08. The summed E-state index contributed by atoms with van der Waals surface area (Å²) in [5.41, 5.74) is 8.67. The predicted molar refractivity (Wildman–Crippen MR) is 131 cm³/mol. The van der Waals surface area contributed by atoms with Crippen LogP contribution >= 0.6 is 0 Å². The number of furan rings is 1. The van der Waals surface area contributed by atoms with Gasteiger partial charge in [0.2, 0.25) is 5.69 Å². The zero-order valence-electron chi connectivity index (χ0n) is 21.6. The number of benzene rings is 3. The van der Waals surface area contributed by atoms with Gasteiger partial charge in [-0.3, -0.25) is 0 Å². The normalized spacial score (nSPS) is 13.0. The van der Waals surface area contributed by atoms with Gasteiger partial charge in [0.25, 0.3) is 0 Å². The Morgan fingerprint density at radius 2 is 1.47 bits per heavy atom. The third kappa shape index (κ3) is 2.92. The van der Waals surface area contributed by atoms with E-state index >= 15 is 0 Å². The van der Waals surface area contributed by atoms with E-state index < -0.39 is 6.85 Å². The Kier molecular flexibility index (Phi) is 3.85. The van der Waals surface area contributed by atoms with Crippen molar-refractivity contribution in [2.24, 2.45) is 7.05 Å². The summed E-state index contributed by atoms with van der Waals surface area (Å²) < 4.78 is 32.1. The maximum atomic E-state index is 7.87. The second-order valence-corrected chi connectivity index (χ2v) is 8.33. The number of aromatic nitrogens is 1. The van der Waals surface area contributed by atoms with E-state index in [9.17, 15) is 0 Å². The Bertz CT molecular complexity index is 1670. The van der Waals surface area contributed by atoms with Gasteiger partial charge < -0.3 is 4.42 Å². The summed E-state index contributed by atoms with van der Waals surface area (Å²) in [6.45, 7) is 11.5. The van der Waals surface area contributed by atoms with Crippen LogP contribution in [0.3, 0.4) is 0 Å². The van der Waals surface area contributed by atoms with Crippen molar-refractivity contribution in [2.75, 3.05) is 0 Å². The van der Waals surface area contributed by atoms with E-state index in [1.54, 1.807) is 6.07 Å². The van der Waals surface area contributed by atoms with Gasteiger partial charge in [-0.1, -0.05) is 54.1 Å². The first-order valence-electron chi connectivity index (χ1n) is 12.1. The van der Waals surface area contributed by atoms with Crippen LogP contribution in [0.5, 0.6) is 0 Å². The molecule has 3 aromatic carbocycles. The van der Waals surface area contributed by atoms with Gasteiger partial charge in [0.1, 0.15) is 18.2 Å². The van der Waals surface area contributed by atoms with Gasteiger partial charge >= 0.3 is 0 Å². The number of fused-ring (bicyclic) bond motifs is 3. The van der Waals surface area contributed by atoms with E-state index in [1.165, 1.54) is 0 Å². The maximum absolute atomic E-state index is 7.87. The molecule has 0 spiro atoms. The molecular weight excluding hydrogens is 392 g/mol. The molecule has 5 rings (SSSR count). The van der Waals surface area contributed by atoms with Gasteiger partial charge in [-0.2, -0.15) is 4.57 Å². The van der Waals surface area contributed by atoms with Crippen LogP contribution in [0.1, 0.15) is 26.5 Å². The zero-order chi connectivity index (χ0) is 25.1. The molecule has 2 aromatic heterocycles. The van der Waals surface area contributed by atoms with Crippen LogP contribution in [0.15, 0.2) is 65.1 Å². The maximum Gasteiger partial charge on any atom is 0.216 e. The molecule has 0 aliphatic rings. The van der Waals surface area contributed by atoms with Gasteiger partial charge in [-0.25, -0.2) is 4.85 Å². The minimum atomic E-state index is -2.18. The molecule has 3 heteroatoms. The van der Waals surface area contributed by atoms with Gasteiger partial charge in [-0.05, 0) is 37.9 Å². The molecule has 0 atom stereocenters. The predicted octanol–water partition coefficient (Wildman–Crippen LogP) is 7.53. The Labute approximate surface area is 192 Å². The van der Waals surface area contributed by atoms with Crippen molar-refractivity contribution >= 4 is 27.6 Å². The number of hydrogen-bond acceptors (Lipinski definition) is 1. The Morgan fingerprint density at radius 1 is 0.812 bits per heavy atom. The summed E-state index contributed by atoms with van der Waals surface area (Å²) in [6, 6.07) is 19.6. The average Bonchev–Trinajstić information content (AvgIpc) is 3.19. The first kappa shape index (κ1) is 16.8. The third-order valence-corrected chi connectivity index (χ3v) is 6.37. The summed E-state index contributed by atoms with van der Waals surface area (Å²) >= 11 is 0. The molecule has 156 valence electrons. The number of nitrogens with zero attached hydrogens (tertiary/aromatic N) is 2. The number of pyridine rings is 1. The summed E-state index contributed by atoms with van der Waals surface area (Å²) in [6.07, 6.45) is 0. The van der Waals surface area contributed by atoms with Crippen LogP contribution in [0.2, 0.25) is 0 Å². The molecular formula is C29H25N2O+. The Balaban J connectivity index is 1.86. The Hall–Kier alpha value is -3.90. The third-order valence-electron chi connectivity index (χ3n) is 6.37. The molecule has 0 N–H and O–H groups in total. The molecule has 0 unspecified atom stereocenters. The van der Waals surface area contributed by atoms with Crippen LogP contribution in [0, 0.1) is 34.2 Å². The van der Waals surface area contributed by atoms with Crippen LogP contribution in [-0.4, -0.2) is 0 Å². The van der Waals surface area contributed by atoms with Crippen molar-refractivity contribution in [3.05, 3.63) is 94.5 Å². The molecule has 0 aliphatic heterocycles. The van der Waals surface area contributed by atoms with Crippen molar-refractivity contribution in [1.29, 1.82) is 0 Å². The van der Waals surface area contributed by atoms with Crippen LogP contribution in [0.25, 0.3) is 49.2 Å². The molecule has 3 nitrogen and oxygen atoms in total. The summed E-state index contributed by atoms with van der Waals surface area (Å²) in [5.74, 6) is 0. The quantitative estimate of drug-likeness (QED) is 0.214. The topological polar surface area (TPSA) is 21.4 Å². The van der Waals surface area contributed by atoms with Crippen molar-refractivity contribution < 1.29 is 13.1 Å². The van der Waals surface area contributed by atoms with Gasteiger partial charge in [-0.15, -0.1) is 0 Å². The Morgan fingerprint density at radius 3 is 2.16 bits per heavy atom. The minimum Gasteiger partial charge on any atom is -0.456 e. The first-order chi connectivity index (χ1) is 16.6. The molecule has 0 radical (unpaired) electrons. The van der Waals surface area contributed by atoms with E-state index in [-0.39, 0.29) is 0 Å². The lowest BCUT2D eigenvalue weighted by molar-refractivity contribution is -0.667. The minimum absolute atomic E-state index is 0.335. The SMILES string of the molecule is [2H]C([2H])([2H])c1ccc(-c2c(C)ccc3c2oc2c(-c4ccc(C)cc4)c([N+]#[C-])ccc23)[n+](C)c1C. The molecule has 0 aliphatic carbocycles. The van der Waals surface area contributed by atoms with E-state index in [0.29, 0.717) is 22.5 Å². The molecule has 5 aromatic rings. The fraction of sp³-hybridized carbons (Fsp3) is 0.172. The van der Waals surface area contributed by atoms with Crippen LogP contribution < -0.4 is 4.57 Å². The standard InChI is InChI=1S/C29H25N2O/c1-17-7-11-21(12-8-17)27-24(30-5)15-14-23-22-13-9-19(3)26(28(22)32-29(23)27)25-16-10-18(2)20(4)31(25)6/h7-16H,1-4,6H3/q+1/i2D3. The highest BCUT2D eigenvalue weighted by Crippen LogP contribution is 2.44. The van der Waals surface area contributed by atoms with Crippen LogP contribution in [0.4, 0.5) is 5.69 Å². The summed E-state index contributed by atoms with van der Waals surface area (Å²) in [5, 5.41) is 1.91. The molecule has 0 fully saturated rings. The van der Waals surface area contributed by atoms with Crippen molar-refractivity contribution in [1.82, 2.24) is 0 Å². The first-order valence-corrected chi connectivity index (χ1v) is 10.6. The highest BCUT2D eigenvalue weighted by molar-refractivity contribution is 6.15. The van der Waals surface area contributed by atoms with Crippen LogP contribution in [-0.2, 0) is 7.05 Å². The summed E-state index contributed by atoms with van der Waals surface area (Å²) in [7, 11) is 1.88. The molecule has 0 saturated heterocycles. The van der Waals surface area contributed by atoms with Crippen molar-refractivity contribution in [2.45, 2.75) is 27.6 Å². The number of rotatable bonds is 2. The number of hydrogen-bond donors (Lipinski definition) is 0. The molecule has 0 saturated carbocycles. The second kappa shape index (κ2) is 7.35. The monoisotopic (exact) mass is 420 g/mol. The van der Waals surface area contributed by atoms with Gasteiger partial charge in [0, 0.05) is 39.0 Å². The largest absolute Gasteiger partial charge is 0.456 e. The molecule has 0 bridgehead atoms. The van der Waals surface area contributed by atoms with E-state index in [1.807, 2.05) is 74.9 Å². The molecule has 0 amide bonds. The lowest BCUT2D eigenvalue weighted by atomic mass is 9.97. The number of aryl methyl sites for hydroxylation is 3. The van der Waals surface area contributed by atoms with E-state index in [2.05, 4.69) is 17.0 Å². The zero-order valence-corrected chi connectivity index (χ0v) is 18.6. The fourth-order valence-corrected chi connectivity index (χ4v) is 4.41. The van der Waals surface area contributed by atoms with Gasteiger partial charge in [0.05, 0.1) is 12.1 Å². The molecule has 2 heterocycles. The lowest BCUT2D eigenvalue weighted by Crippen LogP contribution is -2.35. The van der Waals surface area contributed by atoms with E-state index in [4.69, 9.17) is 15.1 Å². The second-order valence-electron chi connectivity index (χ2n) is 8.33. The van der Waals surface area contributed by atoms with E-state index in [0.717, 1.165) is 49.9 Å². The summed E-state index contributed by atoms with van der Waals surface area (Å²) in [4.78, 5) is 3.78. The highest BCUT2D eigenvalue weighted by atomic mass is 16.3. The molecule has 32 heavy (non-hydrogen) atoms.